The van der Waals surface area contributed by atoms with E-state index in [0.717, 1.165) is 0 Å². The Hall–Kier alpha value is -0.370. The van der Waals surface area contributed by atoms with Gasteiger partial charge < -0.3 is 5.11 Å². The Labute approximate surface area is 90.9 Å². The highest BCUT2D eigenvalue weighted by Crippen LogP contribution is 2.33. The smallest absolute Gasteiger partial charge is 0.392 e. The second-order valence-corrected chi connectivity index (χ2v) is 3.74. The molecule has 1 nitrogen and oxygen atoms in total. The molecule has 0 bridgehead atoms. The van der Waals surface area contributed by atoms with Gasteiger partial charge in [0.1, 0.15) is 5.82 Å². The Morgan fingerprint density at radius 1 is 1.29 bits per heavy atom. The summed E-state index contributed by atoms with van der Waals surface area (Å²) in [6.45, 7) is -0.479. The molecule has 0 aliphatic rings. The SMILES string of the molecule is OCc1cc(F)c(C(F)(F)F)cc1I. The van der Waals surface area contributed by atoms with Crippen molar-refractivity contribution in [1.29, 1.82) is 0 Å². The van der Waals surface area contributed by atoms with Crippen molar-refractivity contribution < 1.29 is 22.7 Å². The maximum absolute atomic E-state index is 12.9. The third-order valence-corrected chi connectivity index (χ3v) is 2.62. The fourth-order valence-corrected chi connectivity index (χ4v) is 1.56. The molecule has 0 saturated heterocycles. The molecule has 0 fully saturated rings. The van der Waals surface area contributed by atoms with Crippen molar-refractivity contribution in [2.75, 3.05) is 0 Å². The zero-order valence-electron chi connectivity index (χ0n) is 6.70. The van der Waals surface area contributed by atoms with Crippen LogP contribution in [0.2, 0.25) is 0 Å². The molecule has 78 valence electrons. The highest BCUT2D eigenvalue weighted by molar-refractivity contribution is 14.1. The van der Waals surface area contributed by atoms with Gasteiger partial charge in [0.15, 0.2) is 0 Å². The van der Waals surface area contributed by atoms with Crippen molar-refractivity contribution >= 4 is 22.6 Å². The molecule has 1 aromatic carbocycles. The summed E-state index contributed by atoms with van der Waals surface area (Å²) < 4.78 is 49.5. The number of alkyl halides is 3. The van der Waals surface area contributed by atoms with Crippen LogP contribution in [0.3, 0.4) is 0 Å². The van der Waals surface area contributed by atoms with Crippen LogP contribution in [-0.4, -0.2) is 5.11 Å². The van der Waals surface area contributed by atoms with Crippen molar-refractivity contribution in [1.82, 2.24) is 0 Å². The van der Waals surface area contributed by atoms with Crippen LogP contribution in [0, 0.1) is 9.39 Å². The number of hydrogen-bond acceptors (Lipinski definition) is 1. The van der Waals surface area contributed by atoms with Crippen LogP contribution in [0.5, 0.6) is 0 Å². The molecule has 6 heteroatoms. The van der Waals surface area contributed by atoms with Gasteiger partial charge in [0.05, 0.1) is 12.2 Å². The van der Waals surface area contributed by atoms with Crippen LogP contribution in [0.4, 0.5) is 17.6 Å². The molecule has 14 heavy (non-hydrogen) atoms. The molecule has 0 unspecified atom stereocenters. The lowest BCUT2D eigenvalue weighted by Crippen LogP contribution is -2.09. The van der Waals surface area contributed by atoms with Crippen LogP contribution >= 0.6 is 22.6 Å². The Morgan fingerprint density at radius 2 is 1.86 bits per heavy atom. The number of benzene rings is 1. The van der Waals surface area contributed by atoms with Gasteiger partial charge in [-0.15, -0.1) is 0 Å². The molecule has 0 amide bonds. The van der Waals surface area contributed by atoms with E-state index in [-0.39, 0.29) is 9.13 Å². The van der Waals surface area contributed by atoms with E-state index in [0.29, 0.717) is 12.1 Å². The average Bonchev–Trinajstić information content (AvgIpc) is 2.06. The Kier molecular flexibility index (Phi) is 3.36. The largest absolute Gasteiger partial charge is 0.419 e. The van der Waals surface area contributed by atoms with Crippen LogP contribution in [0.25, 0.3) is 0 Å². The third-order valence-electron chi connectivity index (χ3n) is 1.61. The van der Waals surface area contributed by atoms with E-state index in [2.05, 4.69) is 0 Å². The first-order valence-electron chi connectivity index (χ1n) is 3.52. The van der Waals surface area contributed by atoms with Crippen LogP contribution in [-0.2, 0) is 12.8 Å². The van der Waals surface area contributed by atoms with Crippen LogP contribution in [0.1, 0.15) is 11.1 Å². The van der Waals surface area contributed by atoms with Gasteiger partial charge in [0, 0.05) is 3.57 Å². The molecule has 0 radical (unpaired) electrons. The van der Waals surface area contributed by atoms with Gasteiger partial charge in [-0.3, -0.25) is 0 Å². The van der Waals surface area contributed by atoms with E-state index >= 15 is 0 Å². The molecular weight excluding hydrogens is 315 g/mol. The lowest BCUT2D eigenvalue weighted by molar-refractivity contribution is -0.140. The van der Waals surface area contributed by atoms with Gasteiger partial charge in [-0.25, -0.2) is 4.39 Å². The standard InChI is InChI=1S/C8H5F4IO/c9-6-1-4(3-14)7(13)2-5(6)8(10,11)12/h1-2,14H,3H2. The van der Waals surface area contributed by atoms with Gasteiger partial charge in [-0.05, 0) is 40.3 Å². The van der Waals surface area contributed by atoms with Gasteiger partial charge in [0.25, 0.3) is 0 Å². The fraction of sp³-hybridized carbons (Fsp3) is 0.250. The molecule has 1 N–H and O–H groups in total. The number of aliphatic hydroxyl groups excluding tert-OH is 1. The van der Waals surface area contributed by atoms with Gasteiger partial charge in [-0.2, -0.15) is 13.2 Å². The van der Waals surface area contributed by atoms with E-state index in [1.54, 1.807) is 22.6 Å². The van der Waals surface area contributed by atoms with Crippen molar-refractivity contribution in [3.05, 3.63) is 32.6 Å². The normalized spacial score (nSPS) is 11.9. The first-order valence-corrected chi connectivity index (χ1v) is 4.60. The van der Waals surface area contributed by atoms with Gasteiger partial charge >= 0.3 is 6.18 Å². The van der Waals surface area contributed by atoms with Gasteiger partial charge in [0.2, 0.25) is 0 Å². The summed E-state index contributed by atoms with van der Waals surface area (Å²) in [4.78, 5) is 0. The maximum Gasteiger partial charge on any atom is 0.419 e. The summed E-state index contributed by atoms with van der Waals surface area (Å²) >= 11 is 1.62. The van der Waals surface area contributed by atoms with Crippen molar-refractivity contribution in [3.8, 4) is 0 Å². The molecule has 0 aromatic heterocycles. The van der Waals surface area contributed by atoms with E-state index < -0.39 is 24.2 Å². The number of rotatable bonds is 1. The van der Waals surface area contributed by atoms with Crippen LogP contribution < -0.4 is 0 Å². The summed E-state index contributed by atoms with van der Waals surface area (Å²) in [5, 5.41) is 8.68. The van der Waals surface area contributed by atoms with E-state index in [1.165, 1.54) is 0 Å². The molecule has 0 spiro atoms. The van der Waals surface area contributed by atoms with E-state index in [4.69, 9.17) is 5.11 Å². The molecule has 0 atom stereocenters. The number of aliphatic hydroxyl groups is 1. The molecule has 0 aliphatic carbocycles. The lowest BCUT2D eigenvalue weighted by Gasteiger charge is -2.10. The lowest BCUT2D eigenvalue weighted by atomic mass is 10.1. The Balaban J connectivity index is 3.29. The number of halogens is 5. The molecular formula is C8H5F4IO. The maximum atomic E-state index is 12.9. The van der Waals surface area contributed by atoms with E-state index in [1.807, 2.05) is 0 Å². The first kappa shape index (κ1) is 11.7. The van der Waals surface area contributed by atoms with Crippen LogP contribution in [0.15, 0.2) is 12.1 Å². The topological polar surface area (TPSA) is 20.2 Å². The van der Waals surface area contributed by atoms with Crippen molar-refractivity contribution in [2.24, 2.45) is 0 Å². The minimum Gasteiger partial charge on any atom is -0.392 e. The second-order valence-electron chi connectivity index (χ2n) is 2.58. The quantitative estimate of drug-likeness (QED) is 0.623. The third kappa shape index (κ3) is 2.35. The zero-order valence-corrected chi connectivity index (χ0v) is 8.86. The molecule has 1 aromatic rings. The minimum atomic E-state index is -4.70. The number of hydrogen-bond donors (Lipinski definition) is 1. The summed E-state index contributed by atoms with van der Waals surface area (Å²) in [7, 11) is 0. The molecule has 0 aliphatic heterocycles. The highest BCUT2D eigenvalue weighted by Gasteiger charge is 2.34. The van der Waals surface area contributed by atoms with Crippen molar-refractivity contribution in [3.63, 3.8) is 0 Å². The predicted octanol–water partition coefficient (Wildman–Crippen LogP) is 2.94. The summed E-state index contributed by atoms with van der Waals surface area (Å²) in [5.74, 6) is -1.36. The predicted molar refractivity (Wildman–Crippen MR) is 50.0 cm³/mol. The Morgan fingerprint density at radius 3 is 2.29 bits per heavy atom. The first-order chi connectivity index (χ1) is 6.36. The summed E-state index contributed by atoms with van der Waals surface area (Å²) in [6.07, 6.45) is -4.70. The molecule has 0 heterocycles. The summed E-state index contributed by atoms with van der Waals surface area (Å²) in [5.41, 5.74) is -1.16. The average molecular weight is 320 g/mol. The molecule has 1 rings (SSSR count). The Bertz CT molecular complexity index is 348. The fourth-order valence-electron chi connectivity index (χ4n) is 0.926. The minimum absolute atomic E-state index is 0.149. The van der Waals surface area contributed by atoms with E-state index in [9.17, 15) is 17.6 Å². The molecule has 0 saturated carbocycles. The zero-order chi connectivity index (χ0) is 10.9. The monoisotopic (exact) mass is 320 g/mol. The second kappa shape index (κ2) is 4.01. The van der Waals surface area contributed by atoms with Gasteiger partial charge in [-0.1, -0.05) is 0 Å². The highest BCUT2D eigenvalue weighted by atomic mass is 127. The summed E-state index contributed by atoms with van der Waals surface area (Å²) in [6, 6.07) is 1.38. The van der Waals surface area contributed by atoms with Crippen molar-refractivity contribution in [2.45, 2.75) is 12.8 Å².